The molecular formula is C5H9N3O4S. The Morgan fingerprint density at radius 1 is 1.31 bits per heavy atom. The van der Waals surface area contributed by atoms with Gasteiger partial charge in [-0.05, 0) is 12.2 Å². The van der Waals surface area contributed by atoms with Gasteiger partial charge < -0.3 is 15.9 Å². The number of hydrazine groups is 1. The van der Waals surface area contributed by atoms with Crippen molar-refractivity contribution < 1.29 is 19.8 Å². The van der Waals surface area contributed by atoms with E-state index < -0.39 is 25.0 Å². The van der Waals surface area contributed by atoms with Gasteiger partial charge in [-0.15, -0.1) is 0 Å². The van der Waals surface area contributed by atoms with Crippen LogP contribution < -0.4 is 11.2 Å². The topological polar surface area (TPSA) is 116 Å². The maximum atomic E-state index is 10.2. The third-order valence-electron chi connectivity index (χ3n) is 0.921. The normalized spacial score (nSPS) is 9.62. The second-order valence-electron chi connectivity index (χ2n) is 2.12. The van der Waals surface area contributed by atoms with Gasteiger partial charge in [-0.25, -0.2) is 0 Å². The molecule has 0 aromatic rings. The quantitative estimate of drug-likeness (QED) is 0.308. The highest BCUT2D eigenvalue weighted by molar-refractivity contribution is 7.80. The van der Waals surface area contributed by atoms with Crippen molar-refractivity contribution in [1.29, 1.82) is 0 Å². The number of nitrogens with zero attached hydrogens (tertiary/aromatic N) is 1. The second kappa shape index (κ2) is 5.27. The van der Waals surface area contributed by atoms with Crippen LogP contribution in [0.2, 0.25) is 0 Å². The molecule has 0 unspecified atom stereocenters. The predicted molar refractivity (Wildman–Crippen MR) is 46.8 cm³/mol. The van der Waals surface area contributed by atoms with Crippen LogP contribution in [0.1, 0.15) is 0 Å². The molecule has 74 valence electrons. The lowest BCUT2D eigenvalue weighted by atomic mass is 10.5. The van der Waals surface area contributed by atoms with Gasteiger partial charge in [0, 0.05) is 0 Å². The van der Waals surface area contributed by atoms with E-state index in [1.165, 1.54) is 0 Å². The lowest BCUT2D eigenvalue weighted by molar-refractivity contribution is -0.142. The minimum Gasteiger partial charge on any atom is -0.480 e. The molecule has 0 spiro atoms. The first-order chi connectivity index (χ1) is 5.91. The Morgan fingerprint density at radius 2 is 1.69 bits per heavy atom. The van der Waals surface area contributed by atoms with Gasteiger partial charge in [0.2, 0.25) is 0 Å². The van der Waals surface area contributed by atoms with Crippen LogP contribution in [0.5, 0.6) is 0 Å². The van der Waals surface area contributed by atoms with Crippen LogP contribution in [0.15, 0.2) is 0 Å². The molecule has 5 N–H and O–H groups in total. The molecule has 0 bridgehead atoms. The van der Waals surface area contributed by atoms with Crippen LogP contribution >= 0.6 is 12.2 Å². The van der Waals surface area contributed by atoms with Gasteiger partial charge in [0.15, 0.2) is 5.11 Å². The number of hydrogen-bond donors (Lipinski definition) is 4. The Kier molecular flexibility index (Phi) is 4.70. The molecule has 7 nitrogen and oxygen atoms in total. The van der Waals surface area contributed by atoms with Crippen LogP contribution in [0, 0.1) is 0 Å². The lowest BCUT2D eigenvalue weighted by Crippen LogP contribution is -2.49. The molecule has 0 fully saturated rings. The Bertz CT molecular complexity index is 194. The lowest BCUT2D eigenvalue weighted by Gasteiger charge is -2.18. The van der Waals surface area contributed by atoms with E-state index >= 15 is 0 Å². The molecule has 0 aliphatic heterocycles. The number of hydrogen-bond acceptors (Lipinski definition) is 4. The predicted octanol–water partition coefficient (Wildman–Crippen LogP) is -1.79. The summed E-state index contributed by atoms with van der Waals surface area (Å²) in [6, 6.07) is 0. The smallest absolute Gasteiger partial charge is 0.319 e. The Hall–Kier alpha value is -1.41. The average molecular weight is 207 g/mol. The molecule has 0 aliphatic carbocycles. The van der Waals surface area contributed by atoms with Crippen molar-refractivity contribution in [3.8, 4) is 0 Å². The minimum atomic E-state index is -1.18. The van der Waals surface area contributed by atoms with Gasteiger partial charge in [0.1, 0.15) is 13.1 Å². The van der Waals surface area contributed by atoms with Gasteiger partial charge >= 0.3 is 11.9 Å². The summed E-state index contributed by atoms with van der Waals surface area (Å²) < 4.78 is 0. The molecule has 13 heavy (non-hydrogen) atoms. The Balaban J connectivity index is 4.10. The van der Waals surface area contributed by atoms with Gasteiger partial charge in [0.25, 0.3) is 0 Å². The van der Waals surface area contributed by atoms with E-state index in [2.05, 4.69) is 17.6 Å². The maximum Gasteiger partial charge on any atom is 0.319 e. The van der Waals surface area contributed by atoms with E-state index in [0.717, 1.165) is 5.01 Å². The first-order valence-corrected chi connectivity index (χ1v) is 3.57. The van der Waals surface area contributed by atoms with Crippen LogP contribution in [-0.2, 0) is 9.59 Å². The molecule has 0 saturated heterocycles. The highest BCUT2D eigenvalue weighted by Crippen LogP contribution is 1.82. The van der Waals surface area contributed by atoms with E-state index in [0.29, 0.717) is 0 Å². The SMILES string of the molecule is NC(=S)NN(CC(=O)O)CC(=O)O. The van der Waals surface area contributed by atoms with Crippen molar-refractivity contribution in [3.63, 3.8) is 0 Å². The second-order valence-corrected chi connectivity index (χ2v) is 2.56. The van der Waals surface area contributed by atoms with E-state index in [1.54, 1.807) is 0 Å². The van der Waals surface area contributed by atoms with Crippen LogP contribution in [-0.4, -0.2) is 45.4 Å². The summed E-state index contributed by atoms with van der Waals surface area (Å²) in [7, 11) is 0. The minimum absolute atomic E-state index is 0.178. The summed E-state index contributed by atoms with van der Waals surface area (Å²) in [6.45, 7) is -0.993. The summed E-state index contributed by atoms with van der Waals surface area (Å²) >= 11 is 4.42. The summed E-state index contributed by atoms with van der Waals surface area (Å²) in [5.74, 6) is -2.35. The molecular weight excluding hydrogens is 198 g/mol. The molecule has 0 rings (SSSR count). The molecule has 0 aromatic heterocycles. The van der Waals surface area contributed by atoms with Gasteiger partial charge in [-0.2, -0.15) is 5.01 Å². The van der Waals surface area contributed by atoms with E-state index in [9.17, 15) is 9.59 Å². The zero-order valence-corrected chi connectivity index (χ0v) is 7.37. The third-order valence-corrected chi connectivity index (χ3v) is 1.01. The summed E-state index contributed by atoms with van der Waals surface area (Å²) in [4.78, 5) is 20.4. The zero-order valence-electron chi connectivity index (χ0n) is 6.56. The largest absolute Gasteiger partial charge is 0.480 e. The number of carboxylic acids is 2. The third kappa shape index (κ3) is 6.97. The van der Waals surface area contributed by atoms with Crippen molar-refractivity contribution in [1.82, 2.24) is 10.4 Å². The highest BCUT2D eigenvalue weighted by atomic mass is 32.1. The number of carbonyl (C=O) groups is 2. The maximum absolute atomic E-state index is 10.2. The highest BCUT2D eigenvalue weighted by Gasteiger charge is 2.12. The van der Waals surface area contributed by atoms with Crippen LogP contribution in [0.25, 0.3) is 0 Å². The number of nitrogens with one attached hydrogen (secondary N) is 1. The van der Waals surface area contributed by atoms with Crippen LogP contribution in [0.3, 0.4) is 0 Å². The van der Waals surface area contributed by atoms with Crippen molar-refractivity contribution in [2.24, 2.45) is 5.73 Å². The fourth-order valence-electron chi connectivity index (χ4n) is 0.617. The molecule has 0 heterocycles. The first kappa shape index (κ1) is 11.6. The zero-order chi connectivity index (χ0) is 10.4. The van der Waals surface area contributed by atoms with Crippen molar-refractivity contribution in [2.75, 3.05) is 13.1 Å². The number of thiocarbonyl (C=S) groups is 1. The van der Waals surface area contributed by atoms with Crippen LogP contribution in [0.4, 0.5) is 0 Å². The number of nitrogens with two attached hydrogens (primary N) is 1. The Labute approximate surface area is 79.1 Å². The van der Waals surface area contributed by atoms with E-state index in [-0.39, 0.29) is 5.11 Å². The standard InChI is InChI=1S/C5H9N3O4S/c6-5(13)7-8(1-3(9)10)2-4(11)12/h1-2H2,(H,9,10)(H,11,12)(H3,6,7,13). The average Bonchev–Trinajstić information content (AvgIpc) is 1.80. The number of aliphatic carboxylic acids is 2. The molecule has 0 radical (unpaired) electrons. The molecule has 0 atom stereocenters. The number of carboxylic acid groups (broad SMARTS) is 2. The summed E-state index contributed by atoms with van der Waals surface area (Å²) in [5, 5.41) is 17.4. The summed E-state index contributed by atoms with van der Waals surface area (Å²) in [6.07, 6.45) is 0. The fraction of sp³-hybridized carbons (Fsp3) is 0.400. The fourth-order valence-corrected chi connectivity index (χ4v) is 0.746. The van der Waals surface area contributed by atoms with E-state index in [1.807, 2.05) is 0 Å². The number of rotatable bonds is 5. The van der Waals surface area contributed by atoms with Crippen molar-refractivity contribution >= 4 is 29.3 Å². The van der Waals surface area contributed by atoms with Gasteiger partial charge in [0.05, 0.1) is 0 Å². The molecule has 0 saturated carbocycles. The molecule has 0 amide bonds. The molecule has 0 aromatic carbocycles. The van der Waals surface area contributed by atoms with Crippen molar-refractivity contribution in [2.45, 2.75) is 0 Å². The monoisotopic (exact) mass is 207 g/mol. The Morgan fingerprint density at radius 3 is 1.92 bits per heavy atom. The van der Waals surface area contributed by atoms with Gasteiger partial charge in [-0.3, -0.25) is 15.0 Å². The first-order valence-electron chi connectivity index (χ1n) is 3.16. The van der Waals surface area contributed by atoms with Gasteiger partial charge in [-0.1, -0.05) is 0 Å². The molecule has 0 aliphatic rings. The van der Waals surface area contributed by atoms with Crippen molar-refractivity contribution in [3.05, 3.63) is 0 Å². The van der Waals surface area contributed by atoms with E-state index in [4.69, 9.17) is 15.9 Å². The molecule has 8 heteroatoms. The summed E-state index contributed by atoms with van der Waals surface area (Å²) in [5.41, 5.74) is 7.26.